The van der Waals surface area contributed by atoms with Crippen molar-refractivity contribution in [2.75, 3.05) is 13.1 Å². The molecule has 1 amide bonds. The zero-order valence-corrected chi connectivity index (χ0v) is 15.6. The molecular weight excluding hydrogens is 314 g/mol. The molecule has 0 spiro atoms. The van der Waals surface area contributed by atoms with Gasteiger partial charge in [-0.2, -0.15) is 5.26 Å². The SMILES string of the molecule is Cc1ccc2c(cc(C#N)n2CC2CN(C(=O)OC(C)(C)C)C2)c1C. The number of ether oxygens (including phenoxy) is 1. The molecule has 1 aliphatic rings. The minimum absolute atomic E-state index is 0.256. The summed E-state index contributed by atoms with van der Waals surface area (Å²) >= 11 is 0. The van der Waals surface area contributed by atoms with Crippen molar-refractivity contribution < 1.29 is 9.53 Å². The van der Waals surface area contributed by atoms with Gasteiger partial charge in [-0.1, -0.05) is 6.07 Å². The van der Waals surface area contributed by atoms with Crippen molar-refractivity contribution in [1.82, 2.24) is 9.47 Å². The number of likely N-dealkylation sites (tertiary alicyclic amines) is 1. The molecule has 0 radical (unpaired) electrons. The normalized spacial score (nSPS) is 15.1. The van der Waals surface area contributed by atoms with Crippen LogP contribution in [0.3, 0.4) is 0 Å². The predicted molar refractivity (Wildman–Crippen MR) is 97.4 cm³/mol. The number of rotatable bonds is 2. The molecule has 0 bridgehead atoms. The fourth-order valence-electron chi connectivity index (χ4n) is 3.29. The lowest BCUT2D eigenvalue weighted by Gasteiger charge is -2.40. The molecule has 2 aromatic rings. The molecule has 1 aromatic carbocycles. The van der Waals surface area contributed by atoms with Crippen molar-refractivity contribution in [3.63, 3.8) is 0 Å². The molecule has 0 unspecified atom stereocenters. The molecule has 25 heavy (non-hydrogen) atoms. The van der Waals surface area contributed by atoms with Crippen molar-refractivity contribution >= 4 is 17.0 Å². The second-order valence-electron chi connectivity index (χ2n) is 7.94. The lowest BCUT2D eigenvalue weighted by atomic mass is 10.0. The number of fused-ring (bicyclic) bond motifs is 1. The standard InChI is InChI=1S/C20H25N3O2/c1-13-6-7-18-17(14(13)2)8-16(9-21)23(18)12-15-10-22(11-15)19(24)25-20(3,4)5/h6-8,15H,10-12H2,1-5H3. The highest BCUT2D eigenvalue weighted by molar-refractivity contribution is 5.86. The highest BCUT2D eigenvalue weighted by atomic mass is 16.6. The van der Waals surface area contributed by atoms with Crippen LogP contribution < -0.4 is 0 Å². The molecule has 0 aliphatic carbocycles. The molecule has 3 rings (SSSR count). The van der Waals surface area contributed by atoms with Crippen LogP contribution in [-0.2, 0) is 11.3 Å². The molecule has 2 heterocycles. The van der Waals surface area contributed by atoms with Crippen LogP contribution in [0.15, 0.2) is 18.2 Å². The molecule has 0 atom stereocenters. The van der Waals surface area contributed by atoms with Crippen LogP contribution in [0, 0.1) is 31.1 Å². The van der Waals surface area contributed by atoms with E-state index in [9.17, 15) is 10.1 Å². The van der Waals surface area contributed by atoms with Gasteiger partial charge < -0.3 is 14.2 Å². The monoisotopic (exact) mass is 339 g/mol. The number of hydrogen-bond acceptors (Lipinski definition) is 3. The Morgan fingerprint density at radius 2 is 2.00 bits per heavy atom. The lowest BCUT2D eigenvalue weighted by Crippen LogP contribution is -2.52. The second-order valence-corrected chi connectivity index (χ2v) is 7.94. The highest BCUT2D eigenvalue weighted by Gasteiger charge is 2.34. The Bertz CT molecular complexity index is 862. The number of nitriles is 1. The van der Waals surface area contributed by atoms with Crippen molar-refractivity contribution in [1.29, 1.82) is 5.26 Å². The first-order chi connectivity index (χ1) is 11.7. The summed E-state index contributed by atoms with van der Waals surface area (Å²) in [5.41, 5.74) is 3.75. The Hall–Kier alpha value is -2.48. The van der Waals surface area contributed by atoms with E-state index in [0.29, 0.717) is 24.7 Å². The summed E-state index contributed by atoms with van der Waals surface area (Å²) in [5, 5.41) is 10.6. The molecule has 5 heteroatoms. The number of nitrogens with zero attached hydrogens (tertiary/aromatic N) is 3. The number of benzene rings is 1. The van der Waals surface area contributed by atoms with Gasteiger partial charge in [0, 0.05) is 36.5 Å². The summed E-state index contributed by atoms with van der Waals surface area (Å²) in [7, 11) is 0. The first kappa shape index (κ1) is 17.3. The van der Waals surface area contributed by atoms with E-state index in [1.165, 1.54) is 11.1 Å². The zero-order valence-electron chi connectivity index (χ0n) is 15.6. The van der Waals surface area contributed by atoms with E-state index in [1.54, 1.807) is 4.90 Å². The van der Waals surface area contributed by atoms with Gasteiger partial charge in [0.05, 0.1) is 0 Å². The van der Waals surface area contributed by atoms with Gasteiger partial charge in [0.15, 0.2) is 0 Å². The average molecular weight is 339 g/mol. The van der Waals surface area contributed by atoms with Gasteiger partial charge in [-0.25, -0.2) is 4.79 Å². The number of aryl methyl sites for hydroxylation is 2. The van der Waals surface area contributed by atoms with E-state index in [0.717, 1.165) is 17.4 Å². The van der Waals surface area contributed by atoms with Crippen molar-refractivity contribution in [3.8, 4) is 6.07 Å². The molecule has 1 aliphatic heterocycles. The third-order valence-corrected chi connectivity index (χ3v) is 4.79. The van der Waals surface area contributed by atoms with E-state index in [1.807, 2.05) is 26.8 Å². The largest absolute Gasteiger partial charge is 0.444 e. The maximum Gasteiger partial charge on any atom is 0.410 e. The summed E-state index contributed by atoms with van der Waals surface area (Å²) in [6.07, 6.45) is -0.256. The molecule has 5 nitrogen and oxygen atoms in total. The second kappa shape index (κ2) is 6.11. The summed E-state index contributed by atoms with van der Waals surface area (Å²) in [5.74, 6) is 0.344. The van der Waals surface area contributed by atoms with E-state index in [4.69, 9.17) is 4.74 Å². The van der Waals surface area contributed by atoms with Gasteiger partial charge in [0.25, 0.3) is 0 Å². The van der Waals surface area contributed by atoms with Crippen LogP contribution in [0.5, 0.6) is 0 Å². The number of hydrogen-bond donors (Lipinski definition) is 0. The van der Waals surface area contributed by atoms with Crippen LogP contribution in [0.2, 0.25) is 0 Å². The Kier molecular flexibility index (Phi) is 4.24. The third-order valence-electron chi connectivity index (χ3n) is 4.79. The third kappa shape index (κ3) is 3.34. The van der Waals surface area contributed by atoms with Crippen LogP contribution in [0.4, 0.5) is 4.79 Å². The van der Waals surface area contributed by atoms with Crippen molar-refractivity contribution in [2.24, 2.45) is 5.92 Å². The van der Waals surface area contributed by atoms with Crippen LogP contribution >= 0.6 is 0 Å². The Morgan fingerprint density at radius 1 is 1.32 bits per heavy atom. The summed E-state index contributed by atoms with van der Waals surface area (Å²) in [4.78, 5) is 13.8. The van der Waals surface area contributed by atoms with Gasteiger partial charge in [-0.3, -0.25) is 0 Å². The first-order valence-electron chi connectivity index (χ1n) is 8.67. The summed E-state index contributed by atoms with van der Waals surface area (Å²) in [6, 6.07) is 8.47. The van der Waals surface area contributed by atoms with E-state index in [-0.39, 0.29) is 6.09 Å². The molecule has 0 saturated carbocycles. The molecule has 1 saturated heterocycles. The predicted octanol–water partition coefficient (Wildman–Crippen LogP) is 4.00. The van der Waals surface area contributed by atoms with Crippen LogP contribution in [0.25, 0.3) is 10.9 Å². The molecular formula is C20H25N3O2. The maximum absolute atomic E-state index is 12.1. The van der Waals surface area contributed by atoms with Crippen LogP contribution in [0.1, 0.15) is 37.6 Å². The fraction of sp³-hybridized carbons (Fsp3) is 0.500. The zero-order chi connectivity index (χ0) is 18.4. The van der Waals surface area contributed by atoms with Gasteiger partial charge in [0.1, 0.15) is 17.4 Å². The number of aromatic nitrogens is 1. The minimum atomic E-state index is -0.470. The topological polar surface area (TPSA) is 58.3 Å². The Balaban J connectivity index is 1.74. The van der Waals surface area contributed by atoms with E-state index < -0.39 is 5.60 Å². The number of carbonyl (C=O) groups is 1. The van der Waals surface area contributed by atoms with Crippen molar-refractivity contribution in [3.05, 3.63) is 35.0 Å². The van der Waals surface area contributed by atoms with E-state index >= 15 is 0 Å². The molecule has 132 valence electrons. The quantitative estimate of drug-likeness (QED) is 0.831. The summed E-state index contributed by atoms with van der Waals surface area (Å²) in [6.45, 7) is 11.9. The number of amides is 1. The van der Waals surface area contributed by atoms with E-state index in [2.05, 4.69) is 36.6 Å². The van der Waals surface area contributed by atoms with Gasteiger partial charge in [-0.15, -0.1) is 0 Å². The minimum Gasteiger partial charge on any atom is -0.444 e. The molecule has 0 N–H and O–H groups in total. The van der Waals surface area contributed by atoms with Gasteiger partial charge in [-0.05, 0) is 57.9 Å². The fourth-order valence-corrected chi connectivity index (χ4v) is 3.29. The number of carbonyl (C=O) groups excluding carboxylic acids is 1. The molecule has 1 fully saturated rings. The Labute approximate surface area is 148 Å². The summed E-state index contributed by atoms with van der Waals surface area (Å²) < 4.78 is 7.48. The lowest BCUT2D eigenvalue weighted by molar-refractivity contribution is -0.00318. The maximum atomic E-state index is 12.1. The van der Waals surface area contributed by atoms with Crippen LogP contribution in [-0.4, -0.2) is 34.3 Å². The van der Waals surface area contributed by atoms with Gasteiger partial charge >= 0.3 is 6.09 Å². The van der Waals surface area contributed by atoms with Crippen molar-refractivity contribution in [2.45, 2.75) is 46.8 Å². The average Bonchev–Trinajstić information content (AvgIpc) is 2.82. The molecule has 1 aromatic heterocycles. The van der Waals surface area contributed by atoms with Gasteiger partial charge in [0.2, 0.25) is 0 Å². The highest BCUT2D eigenvalue weighted by Crippen LogP contribution is 2.28. The Morgan fingerprint density at radius 3 is 2.60 bits per heavy atom. The smallest absolute Gasteiger partial charge is 0.410 e. The first-order valence-corrected chi connectivity index (χ1v) is 8.67.